The third-order valence-corrected chi connectivity index (χ3v) is 14.9. The lowest BCUT2D eigenvalue weighted by Crippen LogP contribution is -2.45. The second-order valence-corrected chi connectivity index (χ2v) is 20.0. The molecule has 1 aliphatic carbocycles. The summed E-state index contributed by atoms with van der Waals surface area (Å²) >= 11 is 0. The van der Waals surface area contributed by atoms with Gasteiger partial charge in [-0.15, -0.1) is 0 Å². The van der Waals surface area contributed by atoms with E-state index in [4.69, 9.17) is 32.8 Å². The molecule has 2 saturated heterocycles. The first kappa shape index (κ1) is 38.9. The zero-order chi connectivity index (χ0) is 34.4. The van der Waals surface area contributed by atoms with Crippen molar-refractivity contribution in [2.45, 2.75) is 154 Å². The van der Waals surface area contributed by atoms with Gasteiger partial charge in [0, 0.05) is 37.7 Å². The Balaban J connectivity index is 1.51. The number of hydrogen-bond donors (Lipinski definition) is 0. The van der Waals surface area contributed by atoms with Crippen molar-refractivity contribution in [2.24, 2.45) is 11.8 Å². The van der Waals surface area contributed by atoms with Crippen molar-refractivity contribution in [1.82, 2.24) is 0 Å². The van der Waals surface area contributed by atoms with Gasteiger partial charge in [0.2, 0.25) is 0 Å². The minimum Gasteiger partial charge on any atom is -0.494 e. The topological polar surface area (TPSA) is 81.7 Å². The Morgan fingerprint density at radius 2 is 1.52 bits per heavy atom. The van der Waals surface area contributed by atoms with E-state index in [1.165, 1.54) is 19.3 Å². The Morgan fingerprint density at radius 1 is 0.875 bits per heavy atom. The monoisotopic (exact) mass is 688 g/mol. The average Bonchev–Trinajstić information content (AvgIpc) is 3.38. The first-order chi connectivity index (χ1) is 23.1. The number of aldehydes is 1. The fraction of sp³-hybridized carbons (Fsp3) is 0.769. The number of carbonyl (C=O) groups is 1. The van der Waals surface area contributed by atoms with E-state index in [9.17, 15) is 4.79 Å². The highest BCUT2D eigenvalue weighted by Crippen LogP contribution is 2.48. The normalized spacial score (nSPS) is 27.1. The predicted octanol–water partition coefficient (Wildman–Crippen LogP) is 9.37. The van der Waals surface area contributed by atoms with Gasteiger partial charge < -0.3 is 37.6 Å². The minimum atomic E-state index is -2.13. The molecule has 2 unspecified atom stereocenters. The summed E-state index contributed by atoms with van der Waals surface area (Å²) in [7, 11) is -2.13. The lowest BCUT2D eigenvalue weighted by atomic mass is 9.88. The number of rotatable bonds is 19. The number of ether oxygens (including phenoxy) is 6. The van der Waals surface area contributed by atoms with Crippen LogP contribution < -0.4 is 9.47 Å². The van der Waals surface area contributed by atoms with Crippen molar-refractivity contribution in [3.63, 3.8) is 0 Å². The van der Waals surface area contributed by atoms with Crippen LogP contribution in [0.5, 0.6) is 11.5 Å². The molecule has 6 atom stereocenters. The van der Waals surface area contributed by atoms with Gasteiger partial charge in [-0.1, -0.05) is 47.0 Å². The summed E-state index contributed by atoms with van der Waals surface area (Å²) in [6, 6.07) is 7.87. The van der Waals surface area contributed by atoms with E-state index in [1.807, 2.05) is 24.3 Å². The van der Waals surface area contributed by atoms with Gasteiger partial charge in [0.05, 0.1) is 32.0 Å². The summed E-state index contributed by atoms with van der Waals surface area (Å²) in [5, 5.41) is 0.0427. The van der Waals surface area contributed by atoms with E-state index in [0.717, 1.165) is 75.1 Å². The Morgan fingerprint density at radius 3 is 2.10 bits per heavy atom. The van der Waals surface area contributed by atoms with Crippen molar-refractivity contribution >= 4 is 14.6 Å². The summed E-state index contributed by atoms with van der Waals surface area (Å²) in [4.78, 5) is 12.2. The molecule has 48 heavy (non-hydrogen) atoms. The van der Waals surface area contributed by atoms with Crippen molar-refractivity contribution < 1.29 is 37.6 Å². The van der Waals surface area contributed by atoms with E-state index in [0.29, 0.717) is 39.1 Å². The Hall–Kier alpha value is -1.91. The van der Waals surface area contributed by atoms with Gasteiger partial charge in [-0.25, -0.2) is 0 Å². The van der Waals surface area contributed by atoms with Gasteiger partial charge in [-0.2, -0.15) is 0 Å². The van der Waals surface area contributed by atoms with E-state index in [2.05, 4.69) is 46.9 Å². The number of hydrogen-bond acceptors (Lipinski definition) is 8. The molecule has 1 aromatic carbocycles. The molecule has 9 heteroatoms. The van der Waals surface area contributed by atoms with Crippen LogP contribution in [0.25, 0.3) is 0 Å². The predicted molar refractivity (Wildman–Crippen MR) is 192 cm³/mol. The standard InChI is InChI=1S/C39H64O8Si/c1-7-8-9-12-25-41-30-19-21-31(22-20-30)42-28-15-16-33(45-36-17-10-13-26-43-36)38-32(23-24-40)34(47-48(5,6)39(2,3)4)29-35(38)46-37-18-11-14-27-44-37/h16,19-22,24,32,34-38H,7-15,17-18,23,25-29H2,1-6H3/b33-16+/t32-,34-,35+,36?,37?,38+/m1/s1. The van der Waals surface area contributed by atoms with Crippen LogP contribution in [-0.4, -0.2) is 65.8 Å². The Bertz CT molecular complexity index is 1090. The maximum Gasteiger partial charge on any atom is 0.199 e. The highest BCUT2D eigenvalue weighted by Gasteiger charge is 2.51. The van der Waals surface area contributed by atoms with Crippen LogP contribution in [0, 0.1) is 11.8 Å². The molecule has 0 spiro atoms. The van der Waals surface area contributed by atoms with Gasteiger partial charge in [0.1, 0.15) is 23.5 Å². The summed E-state index contributed by atoms with van der Waals surface area (Å²) in [6.07, 6.45) is 14.7. The maximum absolute atomic E-state index is 12.2. The van der Waals surface area contributed by atoms with Crippen molar-refractivity contribution in [1.29, 1.82) is 0 Å². The molecule has 4 rings (SSSR count). The summed E-state index contributed by atoms with van der Waals surface area (Å²) < 4.78 is 44.7. The summed E-state index contributed by atoms with van der Waals surface area (Å²) in [5.74, 6) is 2.27. The molecule has 2 aliphatic heterocycles. The van der Waals surface area contributed by atoms with Crippen LogP contribution in [0.3, 0.4) is 0 Å². The highest BCUT2D eigenvalue weighted by molar-refractivity contribution is 6.74. The third-order valence-electron chi connectivity index (χ3n) is 10.4. The second-order valence-electron chi connectivity index (χ2n) is 15.3. The molecule has 2 heterocycles. The van der Waals surface area contributed by atoms with E-state index in [-0.39, 0.29) is 41.7 Å². The van der Waals surface area contributed by atoms with E-state index in [1.54, 1.807) is 0 Å². The van der Waals surface area contributed by atoms with E-state index < -0.39 is 8.32 Å². The van der Waals surface area contributed by atoms with E-state index >= 15 is 0 Å². The molecular formula is C39H64O8Si. The molecular weight excluding hydrogens is 625 g/mol. The van der Waals surface area contributed by atoms with Gasteiger partial charge in [0.25, 0.3) is 0 Å². The van der Waals surface area contributed by atoms with Gasteiger partial charge in [-0.05, 0) is 93.4 Å². The molecule has 1 saturated carbocycles. The van der Waals surface area contributed by atoms with Crippen LogP contribution >= 0.6 is 0 Å². The van der Waals surface area contributed by atoms with Crippen molar-refractivity contribution in [2.75, 3.05) is 26.4 Å². The second kappa shape index (κ2) is 19.5. The smallest absolute Gasteiger partial charge is 0.199 e. The average molecular weight is 689 g/mol. The Kier molecular flexibility index (Phi) is 15.8. The van der Waals surface area contributed by atoms with Crippen LogP contribution in [0.2, 0.25) is 18.1 Å². The first-order valence-corrected chi connectivity index (χ1v) is 21.7. The molecule has 272 valence electrons. The van der Waals surface area contributed by atoms with Gasteiger partial charge >= 0.3 is 0 Å². The minimum absolute atomic E-state index is 0.0427. The van der Waals surface area contributed by atoms with Crippen molar-refractivity contribution in [3.8, 4) is 11.5 Å². The summed E-state index contributed by atoms with van der Waals surface area (Å²) in [5.41, 5.74) is 0. The number of unbranched alkanes of at least 4 members (excludes halogenated alkanes) is 3. The molecule has 0 aromatic heterocycles. The lowest BCUT2D eigenvalue weighted by molar-refractivity contribution is -0.201. The molecule has 0 bridgehead atoms. The SMILES string of the molecule is CCCCCCOc1ccc(OCC/C=C(/OC2CCCCO2)[C@@H]2[C@H](CC=O)[C@H](O[Si](C)(C)C(C)(C)C)C[C@@H]2OC2CCCCO2)cc1. The Labute approximate surface area is 291 Å². The van der Waals surface area contributed by atoms with Crippen LogP contribution in [-0.2, 0) is 28.2 Å². The molecule has 3 fully saturated rings. The largest absolute Gasteiger partial charge is 0.494 e. The highest BCUT2D eigenvalue weighted by atomic mass is 28.4. The van der Waals surface area contributed by atoms with Crippen molar-refractivity contribution in [3.05, 3.63) is 36.1 Å². The van der Waals surface area contributed by atoms with Crippen LogP contribution in [0.4, 0.5) is 0 Å². The van der Waals surface area contributed by atoms with Gasteiger partial charge in [-0.3, -0.25) is 0 Å². The molecule has 0 radical (unpaired) electrons. The third kappa shape index (κ3) is 11.9. The molecule has 0 N–H and O–H groups in total. The fourth-order valence-electron chi connectivity index (χ4n) is 6.65. The van der Waals surface area contributed by atoms with Crippen LogP contribution in [0.1, 0.15) is 111 Å². The lowest BCUT2D eigenvalue weighted by Gasteiger charge is -2.40. The zero-order valence-corrected chi connectivity index (χ0v) is 31.7. The molecule has 1 aromatic rings. The number of benzene rings is 1. The number of carbonyl (C=O) groups excluding carboxylic acids is 1. The quantitative estimate of drug-likeness (QED) is 0.0616. The molecule has 8 nitrogen and oxygen atoms in total. The van der Waals surface area contributed by atoms with Gasteiger partial charge in [0.15, 0.2) is 20.9 Å². The first-order valence-electron chi connectivity index (χ1n) is 18.8. The zero-order valence-electron chi connectivity index (χ0n) is 30.7. The summed E-state index contributed by atoms with van der Waals surface area (Å²) in [6.45, 7) is 16.2. The fourth-order valence-corrected chi connectivity index (χ4v) is 8.03. The maximum atomic E-state index is 12.2. The molecule has 3 aliphatic rings. The van der Waals surface area contributed by atoms with Crippen LogP contribution in [0.15, 0.2) is 36.1 Å². The molecule has 0 amide bonds.